The SMILES string of the molecule is COC(=O)c1ccc(C2CC(CNCc3cccc4c3C=CCC4)Oc3ccccc32)cc1C(F)(F)F. The van der Waals surface area contributed by atoms with Crippen LogP contribution in [0.25, 0.3) is 6.08 Å². The molecule has 0 spiro atoms. The lowest BCUT2D eigenvalue weighted by Gasteiger charge is -2.33. The molecule has 2 aliphatic rings. The van der Waals surface area contributed by atoms with Gasteiger partial charge in [-0.25, -0.2) is 4.79 Å². The van der Waals surface area contributed by atoms with Crippen LogP contribution in [0.1, 0.15) is 62.5 Å². The molecule has 1 heterocycles. The van der Waals surface area contributed by atoms with Crippen LogP contribution < -0.4 is 10.1 Å². The molecule has 37 heavy (non-hydrogen) atoms. The Morgan fingerprint density at radius 1 is 1.11 bits per heavy atom. The van der Waals surface area contributed by atoms with Crippen molar-refractivity contribution in [3.05, 3.63) is 106 Å². The zero-order valence-electron chi connectivity index (χ0n) is 20.5. The highest BCUT2D eigenvalue weighted by Crippen LogP contribution is 2.42. The first-order valence-electron chi connectivity index (χ1n) is 12.4. The molecular weight excluding hydrogens is 479 g/mol. The van der Waals surface area contributed by atoms with Crippen molar-refractivity contribution >= 4 is 12.0 Å². The van der Waals surface area contributed by atoms with Crippen LogP contribution in [0, 0.1) is 0 Å². The van der Waals surface area contributed by atoms with Crippen LogP contribution in [-0.4, -0.2) is 25.7 Å². The van der Waals surface area contributed by atoms with Crippen LogP contribution in [0.2, 0.25) is 0 Å². The number of rotatable bonds is 6. The molecule has 192 valence electrons. The molecule has 0 saturated carbocycles. The van der Waals surface area contributed by atoms with Crippen LogP contribution in [0.4, 0.5) is 13.2 Å². The summed E-state index contributed by atoms with van der Waals surface area (Å²) < 4.78 is 52.4. The van der Waals surface area contributed by atoms with Crippen molar-refractivity contribution in [2.75, 3.05) is 13.7 Å². The fraction of sp³-hybridized carbons (Fsp3) is 0.300. The number of hydrogen-bond donors (Lipinski definition) is 1. The van der Waals surface area contributed by atoms with Crippen molar-refractivity contribution in [3.63, 3.8) is 0 Å². The van der Waals surface area contributed by atoms with E-state index < -0.39 is 23.3 Å². The molecule has 2 unspecified atom stereocenters. The first-order chi connectivity index (χ1) is 17.8. The number of esters is 1. The molecule has 0 amide bonds. The topological polar surface area (TPSA) is 47.6 Å². The summed E-state index contributed by atoms with van der Waals surface area (Å²) in [6.45, 7) is 1.22. The molecule has 5 rings (SSSR count). The average Bonchev–Trinajstić information content (AvgIpc) is 2.91. The summed E-state index contributed by atoms with van der Waals surface area (Å²) in [5, 5.41) is 3.49. The van der Waals surface area contributed by atoms with Crippen LogP contribution in [-0.2, 0) is 23.9 Å². The summed E-state index contributed by atoms with van der Waals surface area (Å²) in [4.78, 5) is 12.0. The monoisotopic (exact) mass is 507 g/mol. The number of halogens is 3. The minimum absolute atomic E-state index is 0.232. The van der Waals surface area contributed by atoms with Crippen LogP contribution in [0.3, 0.4) is 0 Å². The molecule has 4 nitrogen and oxygen atoms in total. The maximum absolute atomic E-state index is 13.9. The highest BCUT2D eigenvalue weighted by Gasteiger charge is 2.37. The van der Waals surface area contributed by atoms with E-state index in [1.807, 2.05) is 24.3 Å². The second-order valence-electron chi connectivity index (χ2n) is 9.42. The molecule has 1 aliphatic carbocycles. The third-order valence-electron chi connectivity index (χ3n) is 7.08. The van der Waals surface area contributed by atoms with E-state index in [9.17, 15) is 18.0 Å². The Hall–Kier alpha value is -3.58. The predicted molar refractivity (Wildman–Crippen MR) is 136 cm³/mol. The fourth-order valence-electron chi connectivity index (χ4n) is 5.30. The molecule has 1 N–H and O–H groups in total. The normalized spacial score (nSPS) is 18.5. The Balaban J connectivity index is 1.38. The second kappa shape index (κ2) is 10.4. The van der Waals surface area contributed by atoms with Gasteiger partial charge in [0.25, 0.3) is 0 Å². The summed E-state index contributed by atoms with van der Waals surface area (Å²) in [5.74, 6) is -0.653. The van der Waals surface area contributed by atoms with Crippen molar-refractivity contribution in [1.29, 1.82) is 0 Å². The minimum Gasteiger partial charge on any atom is -0.489 e. The molecule has 0 bridgehead atoms. The number of nitrogens with one attached hydrogen (secondary N) is 1. The lowest BCUT2D eigenvalue weighted by molar-refractivity contribution is -0.138. The number of para-hydroxylation sites is 1. The summed E-state index contributed by atoms with van der Waals surface area (Å²) in [5.41, 5.74) is 3.67. The number of carbonyl (C=O) groups excluding carboxylic acids is 1. The van der Waals surface area contributed by atoms with Crippen molar-refractivity contribution in [2.24, 2.45) is 0 Å². The van der Waals surface area contributed by atoms with Crippen molar-refractivity contribution in [1.82, 2.24) is 5.32 Å². The zero-order chi connectivity index (χ0) is 26.0. The van der Waals surface area contributed by atoms with Gasteiger partial charge in [-0.3, -0.25) is 0 Å². The van der Waals surface area contributed by atoms with Crippen LogP contribution in [0.5, 0.6) is 5.75 Å². The van der Waals surface area contributed by atoms with Crippen LogP contribution >= 0.6 is 0 Å². The molecule has 0 fully saturated rings. The predicted octanol–water partition coefficient (Wildman–Crippen LogP) is 6.52. The summed E-state index contributed by atoms with van der Waals surface area (Å²) >= 11 is 0. The maximum atomic E-state index is 13.9. The number of alkyl halides is 3. The molecule has 0 radical (unpaired) electrons. The average molecular weight is 508 g/mol. The zero-order valence-corrected chi connectivity index (χ0v) is 20.5. The second-order valence-corrected chi connectivity index (χ2v) is 9.42. The Morgan fingerprint density at radius 2 is 1.95 bits per heavy atom. The quantitative estimate of drug-likeness (QED) is 0.386. The lowest BCUT2D eigenvalue weighted by atomic mass is 9.83. The molecule has 7 heteroatoms. The molecule has 0 saturated heterocycles. The standard InChI is InChI=1S/C30H28F3NO3/c1-36-29(35)25-14-13-20(15-27(25)30(31,32)33)26-16-22(37-28-12-5-4-11-24(26)28)18-34-17-21-9-6-8-19-7-2-3-10-23(19)21/h3-6,8-15,22,26,34H,2,7,16-18H2,1H3. The Morgan fingerprint density at radius 3 is 2.76 bits per heavy atom. The number of fused-ring (bicyclic) bond motifs is 2. The largest absolute Gasteiger partial charge is 0.489 e. The van der Waals surface area contributed by atoms with E-state index in [0.29, 0.717) is 30.8 Å². The smallest absolute Gasteiger partial charge is 0.417 e. The van der Waals surface area contributed by atoms with Crippen molar-refractivity contribution in [3.8, 4) is 5.75 Å². The van der Waals surface area contributed by atoms with E-state index in [-0.39, 0.29) is 12.0 Å². The molecule has 3 aromatic carbocycles. The Bertz CT molecular complexity index is 1330. The van der Waals surface area contributed by atoms with Crippen molar-refractivity contribution < 1.29 is 27.4 Å². The molecule has 3 aromatic rings. The molecule has 0 aromatic heterocycles. The Kier molecular flexibility index (Phi) is 7.07. The van der Waals surface area contributed by atoms with Gasteiger partial charge in [0.1, 0.15) is 11.9 Å². The summed E-state index contributed by atoms with van der Waals surface area (Å²) in [6.07, 6.45) is 2.05. The fourth-order valence-corrected chi connectivity index (χ4v) is 5.30. The number of carbonyl (C=O) groups is 1. The highest BCUT2D eigenvalue weighted by molar-refractivity contribution is 5.91. The molecule has 1 aliphatic heterocycles. The van der Waals surface area contributed by atoms with Gasteiger partial charge < -0.3 is 14.8 Å². The van der Waals surface area contributed by atoms with Gasteiger partial charge in [0.15, 0.2) is 0 Å². The van der Waals surface area contributed by atoms with Gasteiger partial charge in [-0.2, -0.15) is 13.2 Å². The van der Waals surface area contributed by atoms with Gasteiger partial charge in [-0.1, -0.05) is 54.6 Å². The number of aryl methyl sites for hydroxylation is 1. The molecule has 2 atom stereocenters. The van der Waals surface area contributed by atoms with E-state index in [1.54, 1.807) is 6.07 Å². The molecular formula is C30H28F3NO3. The van der Waals surface area contributed by atoms with E-state index in [1.165, 1.54) is 22.8 Å². The van der Waals surface area contributed by atoms with Gasteiger partial charge >= 0.3 is 12.1 Å². The maximum Gasteiger partial charge on any atom is 0.417 e. The lowest BCUT2D eigenvalue weighted by Crippen LogP contribution is -2.36. The number of hydrogen-bond acceptors (Lipinski definition) is 4. The number of ether oxygens (including phenoxy) is 2. The van der Waals surface area contributed by atoms with E-state index in [0.717, 1.165) is 31.6 Å². The van der Waals surface area contributed by atoms with Gasteiger partial charge in [-0.05, 0) is 59.7 Å². The van der Waals surface area contributed by atoms with Crippen molar-refractivity contribution in [2.45, 2.75) is 44.0 Å². The summed E-state index contributed by atoms with van der Waals surface area (Å²) in [6, 6.07) is 17.7. The first-order valence-corrected chi connectivity index (χ1v) is 12.4. The number of methoxy groups -OCH3 is 1. The van der Waals surface area contributed by atoms with Crippen LogP contribution in [0.15, 0.2) is 66.7 Å². The third kappa shape index (κ3) is 5.27. The van der Waals surface area contributed by atoms with Gasteiger partial charge in [0, 0.05) is 24.6 Å². The van der Waals surface area contributed by atoms with Gasteiger partial charge in [0.05, 0.1) is 18.2 Å². The number of allylic oxidation sites excluding steroid dienone is 1. The van der Waals surface area contributed by atoms with E-state index in [2.05, 4.69) is 40.4 Å². The van der Waals surface area contributed by atoms with E-state index >= 15 is 0 Å². The van der Waals surface area contributed by atoms with Gasteiger partial charge in [-0.15, -0.1) is 0 Å². The first kappa shape index (κ1) is 25.1. The highest BCUT2D eigenvalue weighted by atomic mass is 19.4. The Labute approximate surface area is 214 Å². The van der Waals surface area contributed by atoms with E-state index in [4.69, 9.17) is 4.74 Å². The summed E-state index contributed by atoms with van der Waals surface area (Å²) in [7, 11) is 1.07. The third-order valence-corrected chi connectivity index (χ3v) is 7.08. The minimum atomic E-state index is -4.69. The van der Waals surface area contributed by atoms with Gasteiger partial charge in [0.2, 0.25) is 0 Å². The number of benzene rings is 3.